The van der Waals surface area contributed by atoms with Crippen LogP contribution in [0, 0.1) is 12.8 Å². The Labute approximate surface area is 214 Å². The first kappa shape index (κ1) is 24.9. The monoisotopic (exact) mass is 509 g/mol. The third-order valence-electron chi connectivity index (χ3n) is 6.81. The van der Waals surface area contributed by atoms with E-state index in [1.54, 1.807) is 11.7 Å². The van der Waals surface area contributed by atoms with Crippen LogP contribution < -0.4 is 14.4 Å². The maximum Gasteiger partial charge on any atom is 0.306 e. The number of carboxylic acids is 1. The van der Waals surface area contributed by atoms with Gasteiger partial charge in [0.25, 0.3) is 0 Å². The lowest BCUT2D eigenvalue weighted by molar-refractivity contribution is -0.143. The van der Waals surface area contributed by atoms with E-state index in [2.05, 4.69) is 25.2 Å². The number of anilines is 1. The van der Waals surface area contributed by atoms with Gasteiger partial charge in [0.1, 0.15) is 35.9 Å². The normalized spacial score (nSPS) is 20.0. The molecule has 1 aliphatic carbocycles. The highest BCUT2D eigenvalue weighted by molar-refractivity contribution is 5.70. The molecule has 0 unspecified atom stereocenters. The van der Waals surface area contributed by atoms with Gasteiger partial charge in [-0.2, -0.15) is 0 Å². The van der Waals surface area contributed by atoms with Crippen molar-refractivity contribution in [2.45, 2.75) is 45.3 Å². The Morgan fingerprint density at radius 1 is 1.22 bits per heavy atom. The smallest absolute Gasteiger partial charge is 0.306 e. The van der Waals surface area contributed by atoms with Crippen molar-refractivity contribution in [1.82, 2.24) is 29.9 Å². The summed E-state index contributed by atoms with van der Waals surface area (Å²) in [5.74, 6) is 0.808. The van der Waals surface area contributed by atoms with Crippen molar-refractivity contribution in [1.29, 1.82) is 0 Å². The van der Waals surface area contributed by atoms with Gasteiger partial charge >= 0.3 is 5.97 Å². The molecule has 0 aromatic carbocycles. The van der Waals surface area contributed by atoms with E-state index in [1.807, 2.05) is 25.1 Å². The maximum atomic E-state index is 11.4. The molecule has 2 atom stereocenters. The van der Waals surface area contributed by atoms with Gasteiger partial charge < -0.3 is 24.2 Å². The van der Waals surface area contributed by atoms with Crippen molar-refractivity contribution >= 4 is 11.8 Å². The zero-order valence-corrected chi connectivity index (χ0v) is 21.0. The van der Waals surface area contributed by atoms with Crippen LogP contribution in [0.3, 0.4) is 0 Å². The summed E-state index contributed by atoms with van der Waals surface area (Å²) in [5, 5.41) is 17.8. The number of carbonyl (C=O) groups is 1. The largest absolute Gasteiger partial charge is 0.489 e. The molecule has 12 heteroatoms. The van der Waals surface area contributed by atoms with Gasteiger partial charge in [-0.1, -0.05) is 5.21 Å². The second kappa shape index (κ2) is 11.1. The number of nitrogens with zero attached hydrogens (tertiary/aromatic N) is 7. The Morgan fingerprint density at radius 3 is 2.84 bits per heavy atom. The zero-order valence-electron chi connectivity index (χ0n) is 21.0. The molecule has 12 nitrogen and oxygen atoms in total. The molecular weight excluding hydrogens is 478 g/mol. The molecule has 5 rings (SSSR count). The standard InChI is InChI=1S/C25H31N7O5/c1-16-21(37-18-5-3-4-17(12-18)25(33)34)7-6-19(28-16)24-20(31(2)30-29-24)14-36-23-13-22(26-15-27-23)32-8-10-35-11-9-32/h6-7,13,15,17-18H,3-5,8-12,14H2,1-2H3,(H,33,34)/t17-,18-/m0/s1. The summed E-state index contributed by atoms with van der Waals surface area (Å²) in [6.45, 7) is 4.97. The molecule has 0 radical (unpaired) electrons. The van der Waals surface area contributed by atoms with E-state index in [4.69, 9.17) is 19.2 Å². The molecular formula is C25H31N7O5. The number of morpholine rings is 1. The quantitative estimate of drug-likeness (QED) is 0.479. The number of hydrogen-bond donors (Lipinski definition) is 1. The Morgan fingerprint density at radius 2 is 2.05 bits per heavy atom. The number of rotatable bonds is 8. The van der Waals surface area contributed by atoms with Crippen molar-refractivity contribution in [3.8, 4) is 23.0 Å². The van der Waals surface area contributed by atoms with E-state index in [0.717, 1.165) is 37.4 Å². The van der Waals surface area contributed by atoms with E-state index >= 15 is 0 Å². The van der Waals surface area contributed by atoms with Gasteiger partial charge in [0.15, 0.2) is 0 Å². The molecule has 1 aliphatic heterocycles. The molecule has 3 aromatic rings. The van der Waals surface area contributed by atoms with Crippen LogP contribution in [-0.4, -0.2) is 73.4 Å². The summed E-state index contributed by atoms with van der Waals surface area (Å²) in [7, 11) is 1.81. The molecule has 4 heterocycles. The highest BCUT2D eigenvalue weighted by Gasteiger charge is 2.28. The minimum Gasteiger partial charge on any atom is -0.489 e. The van der Waals surface area contributed by atoms with Gasteiger partial charge in [-0.3, -0.25) is 4.79 Å². The third-order valence-corrected chi connectivity index (χ3v) is 6.81. The number of ether oxygens (including phenoxy) is 3. The molecule has 1 saturated heterocycles. The van der Waals surface area contributed by atoms with Gasteiger partial charge in [0.2, 0.25) is 5.88 Å². The molecule has 0 bridgehead atoms. The first-order chi connectivity index (χ1) is 18.0. The fraction of sp³-hybridized carbons (Fsp3) is 0.520. The number of pyridine rings is 1. The average molecular weight is 510 g/mol. The summed E-state index contributed by atoms with van der Waals surface area (Å²) < 4.78 is 19.2. The van der Waals surface area contributed by atoms with Crippen LogP contribution in [0.2, 0.25) is 0 Å². The predicted octanol–water partition coefficient (Wildman–Crippen LogP) is 2.41. The predicted molar refractivity (Wildman–Crippen MR) is 132 cm³/mol. The van der Waals surface area contributed by atoms with Crippen LogP contribution >= 0.6 is 0 Å². The van der Waals surface area contributed by atoms with E-state index in [9.17, 15) is 9.90 Å². The molecule has 1 N–H and O–H groups in total. The average Bonchev–Trinajstić information content (AvgIpc) is 3.29. The van der Waals surface area contributed by atoms with E-state index in [0.29, 0.717) is 54.8 Å². The highest BCUT2D eigenvalue weighted by atomic mass is 16.5. The molecule has 0 amide bonds. The minimum atomic E-state index is -0.754. The molecule has 0 spiro atoms. The van der Waals surface area contributed by atoms with Crippen molar-refractivity contribution in [2.24, 2.45) is 13.0 Å². The number of carboxylic acid groups (broad SMARTS) is 1. The van der Waals surface area contributed by atoms with Crippen molar-refractivity contribution < 1.29 is 24.1 Å². The van der Waals surface area contributed by atoms with Crippen LogP contribution in [0.5, 0.6) is 11.6 Å². The van der Waals surface area contributed by atoms with Gasteiger partial charge in [-0.05, 0) is 44.7 Å². The molecule has 3 aromatic heterocycles. The summed E-state index contributed by atoms with van der Waals surface area (Å²) in [5.41, 5.74) is 2.73. The Balaban J connectivity index is 1.27. The second-order valence-corrected chi connectivity index (χ2v) is 9.33. The molecule has 1 saturated carbocycles. The summed E-state index contributed by atoms with van der Waals surface area (Å²) in [4.78, 5) is 26.8. The zero-order chi connectivity index (χ0) is 25.8. The van der Waals surface area contributed by atoms with E-state index in [1.165, 1.54) is 6.33 Å². The summed E-state index contributed by atoms with van der Waals surface area (Å²) >= 11 is 0. The first-order valence-electron chi connectivity index (χ1n) is 12.5. The summed E-state index contributed by atoms with van der Waals surface area (Å²) in [6, 6.07) is 5.53. The van der Waals surface area contributed by atoms with Crippen LogP contribution in [0.4, 0.5) is 5.82 Å². The fourth-order valence-electron chi connectivity index (χ4n) is 4.71. The Hall–Kier alpha value is -3.80. The van der Waals surface area contributed by atoms with Gasteiger partial charge in [0.05, 0.1) is 36.6 Å². The number of hydrogen-bond acceptors (Lipinski definition) is 10. The first-order valence-corrected chi connectivity index (χ1v) is 12.5. The van der Waals surface area contributed by atoms with Crippen LogP contribution in [-0.2, 0) is 23.2 Å². The van der Waals surface area contributed by atoms with E-state index < -0.39 is 5.97 Å². The van der Waals surface area contributed by atoms with E-state index in [-0.39, 0.29) is 18.6 Å². The lowest BCUT2D eigenvalue weighted by Crippen LogP contribution is -2.36. The Kier molecular flexibility index (Phi) is 7.45. The lowest BCUT2D eigenvalue weighted by Gasteiger charge is -2.27. The minimum absolute atomic E-state index is 0.128. The van der Waals surface area contributed by atoms with Gasteiger partial charge in [0, 0.05) is 26.2 Å². The lowest BCUT2D eigenvalue weighted by atomic mass is 9.87. The van der Waals surface area contributed by atoms with Crippen LogP contribution in [0.1, 0.15) is 37.1 Å². The molecule has 2 fully saturated rings. The highest BCUT2D eigenvalue weighted by Crippen LogP contribution is 2.30. The maximum absolute atomic E-state index is 11.4. The second-order valence-electron chi connectivity index (χ2n) is 9.33. The molecule has 37 heavy (non-hydrogen) atoms. The third kappa shape index (κ3) is 5.79. The number of aromatic nitrogens is 6. The van der Waals surface area contributed by atoms with Crippen molar-refractivity contribution in [3.05, 3.63) is 35.9 Å². The van der Waals surface area contributed by atoms with Gasteiger partial charge in [-0.15, -0.1) is 5.10 Å². The Bertz CT molecular complexity index is 1240. The molecule has 196 valence electrons. The van der Waals surface area contributed by atoms with Crippen molar-refractivity contribution in [2.75, 3.05) is 31.2 Å². The number of aliphatic carboxylic acids is 1. The van der Waals surface area contributed by atoms with Crippen molar-refractivity contribution in [3.63, 3.8) is 0 Å². The number of aryl methyl sites for hydroxylation is 2. The topological polar surface area (TPSA) is 138 Å². The van der Waals surface area contributed by atoms with Crippen LogP contribution in [0.15, 0.2) is 24.5 Å². The summed E-state index contributed by atoms with van der Waals surface area (Å²) in [6.07, 6.45) is 4.27. The SMILES string of the molecule is Cc1nc(-c2nnn(C)c2COc2cc(N3CCOCC3)ncn2)ccc1O[C@H]1CCC[C@H](C(=O)O)C1. The fourth-order valence-corrected chi connectivity index (χ4v) is 4.71. The van der Waals surface area contributed by atoms with Crippen LogP contribution in [0.25, 0.3) is 11.4 Å². The van der Waals surface area contributed by atoms with Gasteiger partial charge in [-0.25, -0.2) is 19.6 Å². The molecule has 2 aliphatic rings.